The molecule has 140 valence electrons. The van der Waals surface area contributed by atoms with Gasteiger partial charge < -0.3 is 10.1 Å². The van der Waals surface area contributed by atoms with Crippen molar-refractivity contribution in [1.29, 1.82) is 0 Å². The fraction of sp³-hybridized carbons (Fsp3) is 0.316. The van der Waals surface area contributed by atoms with E-state index >= 15 is 0 Å². The molecule has 26 heavy (non-hydrogen) atoms. The molecule has 0 aromatic heterocycles. The Morgan fingerprint density at radius 1 is 1.12 bits per heavy atom. The van der Waals surface area contributed by atoms with Crippen LogP contribution < -0.4 is 9.62 Å². The van der Waals surface area contributed by atoms with E-state index in [1.165, 1.54) is 19.2 Å². The van der Waals surface area contributed by atoms with Gasteiger partial charge in [0.15, 0.2) is 0 Å². The second kappa shape index (κ2) is 8.82. The molecule has 0 bridgehead atoms. The summed E-state index contributed by atoms with van der Waals surface area (Å²) in [4.78, 5) is 12.4. The number of ether oxygens (including phenoxy) is 1. The van der Waals surface area contributed by atoms with Crippen molar-refractivity contribution in [3.05, 3.63) is 59.7 Å². The quantitative estimate of drug-likeness (QED) is 0.717. The number of hydrogen-bond donors (Lipinski definition) is 1. The number of sulfonamides is 1. The maximum atomic E-state index is 13.2. The van der Waals surface area contributed by atoms with Gasteiger partial charge in [0.05, 0.1) is 17.2 Å². The topological polar surface area (TPSA) is 75.7 Å². The Labute approximate surface area is 154 Å². The second-order valence-electron chi connectivity index (χ2n) is 5.96. The van der Waals surface area contributed by atoms with Gasteiger partial charge in [-0.3, -0.25) is 9.10 Å². The zero-order valence-electron chi connectivity index (χ0n) is 15.2. The van der Waals surface area contributed by atoms with Gasteiger partial charge in [-0.1, -0.05) is 30.3 Å². The SMILES string of the molecule is COCCNC(=O)CN(c1cc(C)ccc1C)S(=O)(=O)c1ccccc1. The van der Waals surface area contributed by atoms with Crippen molar-refractivity contribution >= 4 is 21.6 Å². The van der Waals surface area contributed by atoms with Crippen LogP contribution in [0.15, 0.2) is 53.4 Å². The van der Waals surface area contributed by atoms with E-state index in [4.69, 9.17) is 4.74 Å². The number of amides is 1. The van der Waals surface area contributed by atoms with Crippen LogP contribution in [0.25, 0.3) is 0 Å². The van der Waals surface area contributed by atoms with Crippen LogP contribution in [0.2, 0.25) is 0 Å². The lowest BCUT2D eigenvalue weighted by Gasteiger charge is -2.26. The van der Waals surface area contributed by atoms with Crippen LogP contribution in [-0.4, -0.2) is 41.1 Å². The van der Waals surface area contributed by atoms with Gasteiger partial charge in [0.2, 0.25) is 5.91 Å². The van der Waals surface area contributed by atoms with E-state index in [-0.39, 0.29) is 17.3 Å². The summed E-state index contributed by atoms with van der Waals surface area (Å²) >= 11 is 0. The van der Waals surface area contributed by atoms with Crippen LogP contribution in [0.5, 0.6) is 0 Å². The number of nitrogens with zero attached hydrogens (tertiary/aromatic N) is 1. The number of nitrogens with one attached hydrogen (secondary N) is 1. The van der Waals surface area contributed by atoms with E-state index in [1.54, 1.807) is 24.3 Å². The molecule has 0 radical (unpaired) electrons. The van der Waals surface area contributed by atoms with Gasteiger partial charge in [-0.05, 0) is 43.2 Å². The van der Waals surface area contributed by atoms with Crippen molar-refractivity contribution in [1.82, 2.24) is 5.32 Å². The molecular weight excluding hydrogens is 352 g/mol. The van der Waals surface area contributed by atoms with Gasteiger partial charge >= 0.3 is 0 Å². The first-order chi connectivity index (χ1) is 12.4. The molecule has 6 nitrogen and oxygen atoms in total. The monoisotopic (exact) mass is 376 g/mol. The van der Waals surface area contributed by atoms with Crippen LogP contribution >= 0.6 is 0 Å². The Hall–Kier alpha value is -2.38. The summed E-state index contributed by atoms with van der Waals surface area (Å²) in [5.41, 5.74) is 2.19. The zero-order valence-corrected chi connectivity index (χ0v) is 16.0. The fourth-order valence-corrected chi connectivity index (χ4v) is 3.98. The van der Waals surface area contributed by atoms with Crippen molar-refractivity contribution in [3.63, 3.8) is 0 Å². The molecule has 1 N–H and O–H groups in total. The third-order valence-electron chi connectivity index (χ3n) is 3.88. The summed E-state index contributed by atoms with van der Waals surface area (Å²) in [5, 5.41) is 2.67. The molecule has 7 heteroatoms. The van der Waals surface area contributed by atoms with Crippen molar-refractivity contribution in [3.8, 4) is 0 Å². The number of benzene rings is 2. The van der Waals surface area contributed by atoms with E-state index in [0.29, 0.717) is 18.8 Å². The summed E-state index contributed by atoms with van der Waals surface area (Å²) in [6, 6.07) is 13.6. The first-order valence-corrected chi connectivity index (χ1v) is 9.71. The normalized spacial score (nSPS) is 11.2. The molecule has 0 heterocycles. The summed E-state index contributed by atoms with van der Waals surface area (Å²) in [7, 11) is -2.34. The molecule has 0 spiro atoms. The van der Waals surface area contributed by atoms with Crippen molar-refractivity contribution in [2.24, 2.45) is 0 Å². The van der Waals surface area contributed by atoms with Crippen LogP contribution in [0.1, 0.15) is 11.1 Å². The second-order valence-corrected chi connectivity index (χ2v) is 7.82. The highest BCUT2D eigenvalue weighted by molar-refractivity contribution is 7.92. The van der Waals surface area contributed by atoms with Crippen LogP contribution in [-0.2, 0) is 19.6 Å². The average Bonchev–Trinajstić information content (AvgIpc) is 2.63. The molecule has 0 aliphatic carbocycles. The molecule has 2 aromatic rings. The van der Waals surface area contributed by atoms with Crippen LogP contribution in [0, 0.1) is 13.8 Å². The molecule has 0 saturated heterocycles. The minimum absolute atomic E-state index is 0.144. The highest BCUT2D eigenvalue weighted by Gasteiger charge is 2.28. The molecule has 0 fully saturated rings. The first-order valence-electron chi connectivity index (χ1n) is 8.27. The Balaban J connectivity index is 2.42. The summed E-state index contributed by atoms with van der Waals surface area (Å²) in [6.07, 6.45) is 0. The first kappa shape index (κ1) is 19.9. The number of anilines is 1. The van der Waals surface area contributed by atoms with E-state index in [2.05, 4.69) is 5.32 Å². The fourth-order valence-electron chi connectivity index (χ4n) is 2.49. The predicted molar refractivity (Wildman–Crippen MR) is 102 cm³/mol. The molecule has 0 saturated carbocycles. The summed E-state index contributed by atoms with van der Waals surface area (Å²) in [5.74, 6) is -0.387. The number of carbonyl (C=O) groups is 1. The highest BCUT2D eigenvalue weighted by Crippen LogP contribution is 2.27. The number of methoxy groups -OCH3 is 1. The lowest BCUT2D eigenvalue weighted by atomic mass is 10.1. The lowest BCUT2D eigenvalue weighted by molar-refractivity contribution is -0.119. The van der Waals surface area contributed by atoms with Gasteiger partial charge in [0, 0.05) is 13.7 Å². The average molecular weight is 376 g/mol. The number of rotatable bonds is 8. The maximum absolute atomic E-state index is 13.2. The standard InChI is InChI=1S/C19H24N2O4S/c1-15-9-10-16(2)18(13-15)21(14-19(22)20-11-12-25-3)26(23,24)17-7-5-4-6-8-17/h4-10,13H,11-12,14H2,1-3H3,(H,20,22). The Morgan fingerprint density at radius 2 is 1.81 bits per heavy atom. The summed E-state index contributed by atoms with van der Waals surface area (Å²) < 4.78 is 32.4. The molecule has 2 aromatic carbocycles. The van der Waals surface area contributed by atoms with E-state index in [0.717, 1.165) is 15.4 Å². The van der Waals surface area contributed by atoms with Gasteiger partial charge in [-0.15, -0.1) is 0 Å². The Kier molecular flexibility index (Phi) is 6.76. The number of aryl methyl sites for hydroxylation is 2. The third kappa shape index (κ3) is 4.83. The predicted octanol–water partition coefficient (Wildman–Crippen LogP) is 2.26. The van der Waals surface area contributed by atoms with E-state index < -0.39 is 10.0 Å². The van der Waals surface area contributed by atoms with Gasteiger partial charge in [0.1, 0.15) is 6.54 Å². The molecular formula is C19H24N2O4S. The molecule has 0 aliphatic rings. The Bertz CT molecular complexity index is 851. The number of hydrogen-bond acceptors (Lipinski definition) is 4. The van der Waals surface area contributed by atoms with Gasteiger partial charge in [0.25, 0.3) is 10.0 Å². The molecule has 1 amide bonds. The van der Waals surface area contributed by atoms with Crippen molar-refractivity contribution < 1.29 is 17.9 Å². The number of carbonyl (C=O) groups excluding carboxylic acids is 1. The molecule has 2 rings (SSSR count). The molecule has 0 aliphatic heterocycles. The minimum atomic E-state index is -3.88. The van der Waals surface area contributed by atoms with E-state index in [1.807, 2.05) is 26.0 Å². The molecule has 0 unspecified atom stereocenters. The Morgan fingerprint density at radius 3 is 2.46 bits per heavy atom. The zero-order chi connectivity index (χ0) is 19.2. The smallest absolute Gasteiger partial charge is 0.264 e. The van der Waals surface area contributed by atoms with Crippen LogP contribution in [0.4, 0.5) is 5.69 Å². The van der Waals surface area contributed by atoms with Gasteiger partial charge in [-0.2, -0.15) is 0 Å². The highest BCUT2D eigenvalue weighted by atomic mass is 32.2. The lowest BCUT2D eigenvalue weighted by Crippen LogP contribution is -2.42. The van der Waals surface area contributed by atoms with E-state index in [9.17, 15) is 13.2 Å². The van der Waals surface area contributed by atoms with Crippen molar-refractivity contribution in [2.45, 2.75) is 18.7 Å². The van der Waals surface area contributed by atoms with Gasteiger partial charge in [-0.25, -0.2) is 8.42 Å². The van der Waals surface area contributed by atoms with Crippen molar-refractivity contribution in [2.75, 3.05) is 31.1 Å². The summed E-state index contributed by atoms with van der Waals surface area (Å²) in [6.45, 7) is 4.09. The maximum Gasteiger partial charge on any atom is 0.264 e. The largest absolute Gasteiger partial charge is 0.383 e. The minimum Gasteiger partial charge on any atom is -0.383 e. The van der Waals surface area contributed by atoms with Crippen LogP contribution in [0.3, 0.4) is 0 Å². The molecule has 0 atom stereocenters. The third-order valence-corrected chi connectivity index (χ3v) is 5.65.